The smallest absolute Gasteiger partial charge is 0.355 e. The number of rotatable bonds is 8. The second-order valence-electron chi connectivity index (χ2n) is 8.70. The van der Waals surface area contributed by atoms with E-state index in [1.807, 2.05) is 42.5 Å². The fourth-order valence-corrected chi connectivity index (χ4v) is 5.18. The molecule has 1 fully saturated rings. The highest BCUT2D eigenvalue weighted by molar-refractivity contribution is 8.15. The summed E-state index contributed by atoms with van der Waals surface area (Å²) >= 11 is 7.04. The standard InChI is InChI=1S/C28H25ClF3N3O2S/c29-22-11-9-20(10-12-22)14-16-35-25(36)18-24(26(37)33-15-13-19-5-2-1-3-6-19)38-27(35)34-23-8-4-7-21(17-23)28(30,31)32/h1-12,17,24H,13-16,18H2,(H,33,37). The largest absolute Gasteiger partial charge is 0.416 e. The molecule has 2 amide bonds. The number of thioether (sulfide) groups is 1. The zero-order valence-corrected chi connectivity index (χ0v) is 21.8. The SMILES string of the molecule is O=C(NCCc1ccccc1)C1CC(=O)N(CCc2ccc(Cl)cc2)C(=Nc2cccc(C(F)(F)F)c2)S1. The summed E-state index contributed by atoms with van der Waals surface area (Å²) in [6.07, 6.45) is -3.44. The van der Waals surface area contributed by atoms with Gasteiger partial charge in [-0.25, -0.2) is 4.99 Å². The molecule has 0 aliphatic carbocycles. The number of amides is 2. The van der Waals surface area contributed by atoms with Crippen LogP contribution in [0.5, 0.6) is 0 Å². The van der Waals surface area contributed by atoms with Crippen LogP contribution in [0.1, 0.15) is 23.1 Å². The lowest BCUT2D eigenvalue weighted by atomic mass is 10.1. The maximum atomic E-state index is 13.3. The van der Waals surface area contributed by atoms with Crippen molar-refractivity contribution in [2.75, 3.05) is 13.1 Å². The van der Waals surface area contributed by atoms with Gasteiger partial charge in [0.1, 0.15) is 0 Å². The highest BCUT2D eigenvalue weighted by Crippen LogP contribution is 2.33. The van der Waals surface area contributed by atoms with Crippen LogP contribution in [-0.2, 0) is 28.6 Å². The van der Waals surface area contributed by atoms with Gasteiger partial charge in [0, 0.05) is 24.5 Å². The Bertz CT molecular complexity index is 1300. The average molecular weight is 560 g/mol. The van der Waals surface area contributed by atoms with E-state index in [4.69, 9.17) is 11.6 Å². The van der Waals surface area contributed by atoms with E-state index in [1.165, 1.54) is 17.0 Å². The second-order valence-corrected chi connectivity index (χ2v) is 10.3. The van der Waals surface area contributed by atoms with Gasteiger partial charge in [-0.2, -0.15) is 13.2 Å². The summed E-state index contributed by atoms with van der Waals surface area (Å²) in [6, 6.07) is 21.5. The van der Waals surface area contributed by atoms with Gasteiger partial charge < -0.3 is 5.32 Å². The second kappa shape index (κ2) is 12.5. The molecule has 3 aromatic carbocycles. The van der Waals surface area contributed by atoms with Crippen molar-refractivity contribution in [3.05, 3.63) is 101 Å². The van der Waals surface area contributed by atoms with Crippen LogP contribution in [-0.4, -0.2) is 40.2 Å². The van der Waals surface area contributed by atoms with Gasteiger partial charge in [-0.1, -0.05) is 71.9 Å². The zero-order valence-electron chi connectivity index (χ0n) is 20.2. The minimum Gasteiger partial charge on any atom is -0.355 e. The molecule has 0 aromatic heterocycles. The van der Waals surface area contributed by atoms with E-state index in [0.29, 0.717) is 24.4 Å². The Morgan fingerprint density at radius 2 is 1.71 bits per heavy atom. The first kappa shape index (κ1) is 27.7. The number of carbonyl (C=O) groups excluding carboxylic acids is 2. The van der Waals surface area contributed by atoms with Crippen molar-refractivity contribution in [2.24, 2.45) is 4.99 Å². The van der Waals surface area contributed by atoms with E-state index in [0.717, 1.165) is 35.0 Å². The van der Waals surface area contributed by atoms with E-state index in [-0.39, 0.29) is 35.6 Å². The summed E-state index contributed by atoms with van der Waals surface area (Å²) in [5, 5.41) is 2.91. The summed E-state index contributed by atoms with van der Waals surface area (Å²) in [5.74, 6) is -0.625. The Morgan fingerprint density at radius 1 is 1.00 bits per heavy atom. The lowest BCUT2D eigenvalue weighted by Crippen LogP contribution is -2.47. The van der Waals surface area contributed by atoms with Crippen LogP contribution in [0.2, 0.25) is 5.02 Å². The monoisotopic (exact) mass is 559 g/mol. The molecule has 4 rings (SSSR count). The van der Waals surface area contributed by atoms with Gasteiger partial charge >= 0.3 is 6.18 Å². The van der Waals surface area contributed by atoms with Gasteiger partial charge in [0.25, 0.3) is 0 Å². The number of halogens is 4. The summed E-state index contributed by atoms with van der Waals surface area (Å²) in [4.78, 5) is 31.9. The molecule has 1 unspecified atom stereocenters. The molecule has 1 saturated heterocycles. The maximum Gasteiger partial charge on any atom is 0.416 e. The number of nitrogens with zero attached hydrogens (tertiary/aromatic N) is 2. The Labute approximate surface area is 228 Å². The van der Waals surface area contributed by atoms with Crippen molar-refractivity contribution < 1.29 is 22.8 Å². The summed E-state index contributed by atoms with van der Waals surface area (Å²) < 4.78 is 39.8. The molecule has 1 aliphatic rings. The molecule has 1 heterocycles. The molecule has 38 heavy (non-hydrogen) atoms. The van der Waals surface area contributed by atoms with Crippen LogP contribution in [0.3, 0.4) is 0 Å². The average Bonchev–Trinajstić information content (AvgIpc) is 2.89. The van der Waals surface area contributed by atoms with Gasteiger partial charge in [-0.05, 0) is 54.3 Å². The number of hydrogen-bond acceptors (Lipinski definition) is 4. The van der Waals surface area contributed by atoms with Gasteiger partial charge in [-0.3, -0.25) is 14.5 Å². The van der Waals surface area contributed by atoms with Crippen molar-refractivity contribution in [3.63, 3.8) is 0 Å². The molecule has 1 atom stereocenters. The normalized spacial score (nSPS) is 17.1. The fraction of sp³-hybridized carbons (Fsp3) is 0.250. The molecule has 1 N–H and O–H groups in total. The molecule has 198 valence electrons. The third-order valence-electron chi connectivity index (χ3n) is 5.92. The molecular formula is C28H25ClF3N3O2S. The lowest BCUT2D eigenvalue weighted by molar-refractivity contribution is -0.137. The Hall–Kier alpha value is -3.30. The van der Waals surface area contributed by atoms with E-state index < -0.39 is 17.0 Å². The van der Waals surface area contributed by atoms with Gasteiger partial charge in [0.05, 0.1) is 16.5 Å². The zero-order chi connectivity index (χ0) is 27.1. The minimum atomic E-state index is -4.53. The van der Waals surface area contributed by atoms with E-state index in [1.54, 1.807) is 12.1 Å². The van der Waals surface area contributed by atoms with E-state index in [9.17, 15) is 22.8 Å². The predicted octanol–water partition coefficient (Wildman–Crippen LogP) is 6.28. The number of aliphatic imine (C=N–C) groups is 1. The highest BCUT2D eigenvalue weighted by atomic mass is 35.5. The van der Waals surface area contributed by atoms with Crippen LogP contribution >= 0.6 is 23.4 Å². The number of nitrogens with one attached hydrogen (secondary N) is 1. The van der Waals surface area contributed by atoms with E-state index in [2.05, 4.69) is 10.3 Å². The molecule has 0 bridgehead atoms. The van der Waals surface area contributed by atoms with Crippen molar-refractivity contribution in [3.8, 4) is 0 Å². The third kappa shape index (κ3) is 7.61. The number of hydrogen-bond donors (Lipinski definition) is 1. The number of benzene rings is 3. The summed E-state index contributed by atoms with van der Waals surface area (Å²) in [5.41, 5.74) is 1.22. The van der Waals surface area contributed by atoms with Crippen LogP contribution in [0.4, 0.5) is 18.9 Å². The minimum absolute atomic E-state index is 0.0376. The van der Waals surface area contributed by atoms with Crippen LogP contribution in [0.25, 0.3) is 0 Å². The lowest BCUT2D eigenvalue weighted by Gasteiger charge is -2.32. The first-order valence-corrected chi connectivity index (χ1v) is 13.2. The molecule has 0 radical (unpaired) electrons. The highest BCUT2D eigenvalue weighted by Gasteiger charge is 2.36. The first-order chi connectivity index (χ1) is 18.2. The Morgan fingerprint density at radius 3 is 2.42 bits per heavy atom. The molecule has 0 spiro atoms. The van der Waals surface area contributed by atoms with Gasteiger partial charge in [0.15, 0.2) is 5.17 Å². The topological polar surface area (TPSA) is 61.8 Å². The summed E-state index contributed by atoms with van der Waals surface area (Å²) in [6.45, 7) is 0.655. The quantitative estimate of drug-likeness (QED) is 0.353. The molecular weight excluding hydrogens is 535 g/mol. The van der Waals surface area contributed by atoms with Crippen molar-refractivity contribution in [1.29, 1.82) is 0 Å². The Balaban J connectivity index is 1.52. The fourth-order valence-electron chi connectivity index (χ4n) is 3.90. The summed E-state index contributed by atoms with van der Waals surface area (Å²) in [7, 11) is 0. The molecule has 0 saturated carbocycles. The molecule has 3 aromatic rings. The number of alkyl halides is 3. The molecule has 10 heteroatoms. The van der Waals surface area contributed by atoms with Gasteiger partial charge in [0.2, 0.25) is 11.8 Å². The van der Waals surface area contributed by atoms with Crippen molar-refractivity contribution in [1.82, 2.24) is 10.2 Å². The maximum absolute atomic E-state index is 13.3. The number of amidine groups is 1. The van der Waals surface area contributed by atoms with Crippen LogP contribution in [0.15, 0.2) is 83.9 Å². The van der Waals surface area contributed by atoms with Crippen LogP contribution < -0.4 is 5.32 Å². The van der Waals surface area contributed by atoms with Crippen LogP contribution in [0, 0.1) is 0 Å². The first-order valence-electron chi connectivity index (χ1n) is 12.0. The van der Waals surface area contributed by atoms with Crippen molar-refractivity contribution >= 4 is 46.0 Å². The number of carbonyl (C=O) groups is 2. The van der Waals surface area contributed by atoms with Crippen molar-refractivity contribution in [2.45, 2.75) is 30.7 Å². The Kier molecular flexibility index (Phi) is 9.12. The predicted molar refractivity (Wildman–Crippen MR) is 145 cm³/mol. The molecule has 5 nitrogen and oxygen atoms in total. The van der Waals surface area contributed by atoms with E-state index >= 15 is 0 Å². The third-order valence-corrected chi connectivity index (χ3v) is 7.36. The van der Waals surface area contributed by atoms with Gasteiger partial charge in [-0.15, -0.1) is 0 Å². The molecule has 1 aliphatic heterocycles.